The maximum atomic E-state index is 13.1. The summed E-state index contributed by atoms with van der Waals surface area (Å²) in [6.45, 7) is 0.964. The topological polar surface area (TPSA) is 66.6 Å². The molecule has 1 saturated heterocycles. The minimum Gasteiger partial charge on any atom is -0.398 e. The van der Waals surface area contributed by atoms with E-state index in [1.54, 1.807) is 4.90 Å². The zero-order valence-electron chi connectivity index (χ0n) is 9.40. The number of piperidine rings is 1. The predicted molar refractivity (Wildman–Crippen MR) is 62.0 cm³/mol. The van der Waals surface area contributed by atoms with Crippen LogP contribution in [-0.2, 0) is 0 Å². The van der Waals surface area contributed by atoms with Gasteiger partial charge in [0, 0.05) is 18.8 Å². The Labute approximate surface area is 98.8 Å². The molecule has 0 bridgehead atoms. The van der Waals surface area contributed by atoms with Gasteiger partial charge in [0.25, 0.3) is 5.91 Å². The second-order valence-corrected chi connectivity index (χ2v) is 4.25. The minimum atomic E-state index is -0.473. The molecule has 2 rings (SSSR count). The highest BCUT2D eigenvalue weighted by molar-refractivity contribution is 5.99. The van der Waals surface area contributed by atoms with E-state index < -0.39 is 5.82 Å². The van der Waals surface area contributed by atoms with Crippen molar-refractivity contribution >= 4 is 11.6 Å². The number of carbonyl (C=O) groups excluding carboxylic acids is 1. The molecular formula is C12H15FN2O2. The van der Waals surface area contributed by atoms with Crippen LogP contribution in [0.25, 0.3) is 0 Å². The van der Waals surface area contributed by atoms with Gasteiger partial charge in [-0.3, -0.25) is 4.79 Å². The number of rotatable bonds is 1. The molecule has 3 N–H and O–H groups in total. The molecule has 1 aromatic carbocycles. The average molecular weight is 238 g/mol. The second kappa shape index (κ2) is 4.71. The number of nitrogen functional groups attached to an aromatic ring is 1. The number of likely N-dealkylation sites (tertiary alicyclic amines) is 1. The van der Waals surface area contributed by atoms with Crippen molar-refractivity contribution < 1.29 is 14.3 Å². The van der Waals surface area contributed by atoms with Crippen molar-refractivity contribution in [2.75, 3.05) is 18.8 Å². The van der Waals surface area contributed by atoms with Crippen molar-refractivity contribution in [2.24, 2.45) is 0 Å². The van der Waals surface area contributed by atoms with E-state index in [0.29, 0.717) is 25.9 Å². The number of aliphatic hydroxyl groups excluding tert-OH is 1. The quantitative estimate of drug-likeness (QED) is 0.717. The fourth-order valence-corrected chi connectivity index (χ4v) is 1.95. The van der Waals surface area contributed by atoms with E-state index >= 15 is 0 Å². The summed E-state index contributed by atoms with van der Waals surface area (Å²) in [5.74, 6) is -0.742. The number of hydrogen-bond acceptors (Lipinski definition) is 3. The van der Waals surface area contributed by atoms with Crippen molar-refractivity contribution in [3.8, 4) is 0 Å². The Morgan fingerprint density at radius 1 is 1.41 bits per heavy atom. The number of anilines is 1. The SMILES string of the molecule is Nc1ccc(F)cc1C(=O)N1CCC(O)CC1. The third-order valence-corrected chi connectivity index (χ3v) is 3.00. The maximum Gasteiger partial charge on any atom is 0.256 e. The van der Waals surface area contributed by atoms with Crippen LogP contribution in [0.15, 0.2) is 18.2 Å². The molecule has 1 aliphatic heterocycles. The Morgan fingerprint density at radius 2 is 2.06 bits per heavy atom. The number of aliphatic hydroxyl groups is 1. The smallest absolute Gasteiger partial charge is 0.256 e. The Kier molecular flexibility index (Phi) is 3.28. The molecule has 5 heteroatoms. The summed E-state index contributed by atoms with van der Waals surface area (Å²) in [5.41, 5.74) is 6.14. The molecule has 17 heavy (non-hydrogen) atoms. The zero-order chi connectivity index (χ0) is 12.4. The highest BCUT2D eigenvalue weighted by Gasteiger charge is 2.23. The average Bonchev–Trinajstić information content (AvgIpc) is 2.32. The lowest BCUT2D eigenvalue weighted by molar-refractivity contribution is 0.0547. The molecule has 0 aliphatic carbocycles. The van der Waals surface area contributed by atoms with Crippen LogP contribution >= 0.6 is 0 Å². The van der Waals surface area contributed by atoms with E-state index in [1.165, 1.54) is 12.1 Å². The molecule has 1 heterocycles. The molecule has 0 spiro atoms. The van der Waals surface area contributed by atoms with Gasteiger partial charge in [-0.2, -0.15) is 0 Å². The van der Waals surface area contributed by atoms with E-state index in [0.717, 1.165) is 6.07 Å². The van der Waals surface area contributed by atoms with Crippen LogP contribution in [0.2, 0.25) is 0 Å². The van der Waals surface area contributed by atoms with Gasteiger partial charge in [-0.05, 0) is 31.0 Å². The fraction of sp³-hybridized carbons (Fsp3) is 0.417. The van der Waals surface area contributed by atoms with Gasteiger partial charge in [0.15, 0.2) is 0 Å². The normalized spacial score (nSPS) is 17.2. The number of nitrogens with two attached hydrogens (primary N) is 1. The first kappa shape index (κ1) is 11.9. The Morgan fingerprint density at radius 3 is 2.71 bits per heavy atom. The summed E-state index contributed by atoms with van der Waals surface area (Å²) in [5, 5.41) is 9.36. The molecular weight excluding hydrogens is 223 g/mol. The lowest BCUT2D eigenvalue weighted by atomic mass is 10.1. The van der Waals surface area contributed by atoms with Crippen molar-refractivity contribution in [3.05, 3.63) is 29.6 Å². The van der Waals surface area contributed by atoms with Crippen LogP contribution in [0.4, 0.5) is 10.1 Å². The second-order valence-electron chi connectivity index (χ2n) is 4.25. The molecule has 1 aliphatic rings. The van der Waals surface area contributed by atoms with Crippen molar-refractivity contribution in [3.63, 3.8) is 0 Å². The highest BCUT2D eigenvalue weighted by Crippen LogP contribution is 2.19. The Balaban J connectivity index is 2.16. The molecule has 0 atom stereocenters. The summed E-state index contributed by atoms with van der Waals surface area (Å²) < 4.78 is 13.1. The summed E-state index contributed by atoms with van der Waals surface area (Å²) in [4.78, 5) is 13.7. The van der Waals surface area contributed by atoms with Crippen LogP contribution in [0.5, 0.6) is 0 Å². The van der Waals surface area contributed by atoms with Crippen LogP contribution in [0.1, 0.15) is 23.2 Å². The fourth-order valence-electron chi connectivity index (χ4n) is 1.95. The van der Waals surface area contributed by atoms with Crippen molar-refractivity contribution in [2.45, 2.75) is 18.9 Å². The summed E-state index contributed by atoms with van der Waals surface area (Å²) in [7, 11) is 0. The van der Waals surface area contributed by atoms with Gasteiger partial charge in [0.2, 0.25) is 0 Å². The highest BCUT2D eigenvalue weighted by atomic mass is 19.1. The standard InChI is InChI=1S/C12H15FN2O2/c13-8-1-2-11(14)10(7-8)12(17)15-5-3-9(16)4-6-15/h1-2,7,9,16H,3-6,14H2. The van der Waals surface area contributed by atoms with Gasteiger partial charge < -0.3 is 15.7 Å². The van der Waals surface area contributed by atoms with Crippen molar-refractivity contribution in [1.29, 1.82) is 0 Å². The van der Waals surface area contributed by atoms with Crippen LogP contribution in [0, 0.1) is 5.82 Å². The molecule has 4 nitrogen and oxygen atoms in total. The van der Waals surface area contributed by atoms with E-state index in [1.807, 2.05) is 0 Å². The summed E-state index contributed by atoms with van der Waals surface area (Å²) in [6, 6.07) is 3.77. The minimum absolute atomic E-state index is 0.196. The van der Waals surface area contributed by atoms with E-state index in [4.69, 9.17) is 5.73 Å². The monoisotopic (exact) mass is 238 g/mol. The summed E-state index contributed by atoms with van der Waals surface area (Å²) in [6.07, 6.45) is 0.769. The largest absolute Gasteiger partial charge is 0.398 e. The van der Waals surface area contributed by atoms with Gasteiger partial charge in [-0.25, -0.2) is 4.39 Å². The van der Waals surface area contributed by atoms with Gasteiger partial charge in [-0.1, -0.05) is 0 Å². The van der Waals surface area contributed by atoms with Gasteiger partial charge >= 0.3 is 0 Å². The number of halogens is 1. The molecule has 0 unspecified atom stereocenters. The van der Waals surface area contributed by atoms with Gasteiger partial charge in [0.05, 0.1) is 11.7 Å². The number of carbonyl (C=O) groups is 1. The van der Waals surface area contributed by atoms with Gasteiger partial charge in [-0.15, -0.1) is 0 Å². The molecule has 1 fully saturated rings. The van der Waals surface area contributed by atoms with Crippen molar-refractivity contribution in [1.82, 2.24) is 4.90 Å². The molecule has 0 radical (unpaired) electrons. The molecule has 1 aromatic rings. The Hall–Kier alpha value is -1.62. The number of nitrogens with zero attached hydrogens (tertiary/aromatic N) is 1. The maximum absolute atomic E-state index is 13.1. The van der Waals surface area contributed by atoms with Crippen LogP contribution < -0.4 is 5.73 Å². The molecule has 0 saturated carbocycles. The van der Waals surface area contributed by atoms with Crippen LogP contribution in [0.3, 0.4) is 0 Å². The van der Waals surface area contributed by atoms with E-state index in [9.17, 15) is 14.3 Å². The zero-order valence-corrected chi connectivity index (χ0v) is 9.40. The first-order valence-corrected chi connectivity index (χ1v) is 5.60. The number of hydrogen-bond donors (Lipinski definition) is 2. The predicted octanol–water partition coefficient (Wildman–Crippen LogP) is 1.00. The Bertz CT molecular complexity index is 429. The number of amides is 1. The molecule has 92 valence electrons. The van der Waals surface area contributed by atoms with E-state index in [-0.39, 0.29) is 23.3 Å². The van der Waals surface area contributed by atoms with Gasteiger partial charge in [0.1, 0.15) is 5.82 Å². The third kappa shape index (κ3) is 2.55. The van der Waals surface area contributed by atoms with Crippen LogP contribution in [-0.4, -0.2) is 35.1 Å². The lowest BCUT2D eigenvalue weighted by Gasteiger charge is -2.29. The lowest BCUT2D eigenvalue weighted by Crippen LogP contribution is -2.40. The first-order valence-electron chi connectivity index (χ1n) is 5.60. The summed E-state index contributed by atoms with van der Waals surface area (Å²) >= 11 is 0. The van der Waals surface area contributed by atoms with E-state index in [2.05, 4.69) is 0 Å². The molecule has 1 amide bonds. The number of benzene rings is 1. The molecule has 0 aromatic heterocycles. The third-order valence-electron chi connectivity index (χ3n) is 3.00. The first-order chi connectivity index (χ1) is 8.08.